The first-order chi connectivity index (χ1) is 7.66. The zero-order valence-corrected chi connectivity index (χ0v) is 9.23. The summed E-state index contributed by atoms with van der Waals surface area (Å²) in [6.45, 7) is 2.47. The predicted octanol–water partition coefficient (Wildman–Crippen LogP) is 2.70. The Labute approximate surface area is 94.5 Å². The highest BCUT2D eigenvalue weighted by Crippen LogP contribution is 2.13. The molecule has 1 aromatic heterocycles. The van der Waals surface area contributed by atoms with Crippen molar-refractivity contribution < 1.29 is 4.39 Å². The molecular formula is C13H15FN2. The summed E-state index contributed by atoms with van der Waals surface area (Å²) < 4.78 is 15.3. The molecule has 0 bridgehead atoms. The van der Waals surface area contributed by atoms with E-state index in [1.165, 1.54) is 6.07 Å². The van der Waals surface area contributed by atoms with E-state index >= 15 is 0 Å². The topological polar surface area (TPSA) is 30.9 Å². The highest BCUT2D eigenvalue weighted by molar-refractivity contribution is 5.20. The van der Waals surface area contributed by atoms with Gasteiger partial charge in [0.05, 0.1) is 0 Å². The van der Waals surface area contributed by atoms with Gasteiger partial charge in [-0.3, -0.25) is 0 Å². The van der Waals surface area contributed by atoms with Crippen LogP contribution in [0.1, 0.15) is 24.1 Å². The minimum atomic E-state index is -0.168. The van der Waals surface area contributed by atoms with Crippen molar-refractivity contribution in [3.63, 3.8) is 0 Å². The minimum absolute atomic E-state index is 0.0156. The molecule has 1 aromatic carbocycles. The molecule has 1 unspecified atom stereocenters. The number of hydrogen-bond donors (Lipinski definition) is 1. The maximum Gasteiger partial charge on any atom is 0.128 e. The van der Waals surface area contributed by atoms with E-state index in [-0.39, 0.29) is 11.9 Å². The quantitative estimate of drug-likeness (QED) is 0.843. The normalized spacial score (nSPS) is 12.7. The summed E-state index contributed by atoms with van der Waals surface area (Å²) in [4.78, 5) is 0. The molecule has 84 valence electrons. The highest BCUT2D eigenvalue weighted by atomic mass is 19.1. The van der Waals surface area contributed by atoms with Crippen molar-refractivity contribution in [2.24, 2.45) is 5.73 Å². The summed E-state index contributed by atoms with van der Waals surface area (Å²) in [6, 6.07) is 8.79. The molecule has 0 saturated heterocycles. The van der Waals surface area contributed by atoms with E-state index in [1.54, 1.807) is 12.1 Å². The number of rotatable bonds is 3. The molecule has 0 aliphatic heterocycles. The van der Waals surface area contributed by atoms with E-state index in [4.69, 9.17) is 5.73 Å². The largest absolute Gasteiger partial charge is 0.349 e. The first kappa shape index (κ1) is 10.9. The average Bonchev–Trinajstić information content (AvgIpc) is 2.70. The molecule has 1 heterocycles. The van der Waals surface area contributed by atoms with Gasteiger partial charge in [-0.2, -0.15) is 0 Å². The monoisotopic (exact) mass is 218 g/mol. The molecule has 2 rings (SSSR count). The fourth-order valence-electron chi connectivity index (χ4n) is 1.65. The number of nitrogens with zero attached hydrogens (tertiary/aromatic N) is 1. The van der Waals surface area contributed by atoms with Crippen LogP contribution in [0.25, 0.3) is 0 Å². The van der Waals surface area contributed by atoms with Crippen molar-refractivity contribution >= 4 is 0 Å². The standard InChI is InChI=1S/C13H15FN2/c1-10(15)11-6-7-16(8-11)9-12-4-2-3-5-13(12)14/h2-8,10H,9,15H2,1H3. The zero-order chi connectivity index (χ0) is 11.5. The Kier molecular flexibility index (Phi) is 3.06. The van der Waals surface area contributed by atoms with Crippen molar-refractivity contribution in [1.82, 2.24) is 4.57 Å². The predicted molar refractivity (Wildman–Crippen MR) is 62.5 cm³/mol. The lowest BCUT2D eigenvalue weighted by Crippen LogP contribution is -2.04. The second kappa shape index (κ2) is 4.49. The van der Waals surface area contributed by atoms with Crippen molar-refractivity contribution in [1.29, 1.82) is 0 Å². The van der Waals surface area contributed by atoms with Crippen LogP contribution in [0.15, 0.2) is 42.7 Å². The average molecular weight is 218 g/mol. The Balaban J connectivity index is 2.18. The van der Waals surface area contributed by atoms with E-state index < -0.39 is 0 Å². The molecule has 0 spiro atoms. The molecule has 16 heavy (non-hydrogen) atoms. The smallest absolute Gasteiger partial charge is 0.128 e. The van der Waals surface area contributed by atoms with Crippen LogP contribution in [-0.2, 0) is 6.54 Å². The highest BCUT2D eigenvalue weighted by Gasteiger charge is 2.04. The molecule has 0 radical (unpaired) electrons. The van der Waals surface area contributed by atoms with Crippen LogP contribution in [0.3, 0.4) is 0 Å². The maximum atomic E-state index is 13.4. The van der Waals surface area contributed by atoms with Crippen molar-refractivity contribution in [3.05, 3.63) is 59.7 Å². The van der Waals surface area contributed by atoms with Gasteiger partial charge in [0.15, 0.2) is 0 Å². The lowest BCUT2D eigenvalue weighted by molar-refractivity contribution is 0.599. The van der Waals surface area contributed by atoms with E-state index in [0.717, 1.165) is 5.56 Å². The number of nitrogens with two attached hydrogens (primary N) is 1. The molecule has 3 heteroatoms. The summed E-state index contributed by atoms with van der Waals surface area (Å²) in [7, 11) is 0. The third-order valence-electron chi connectivity index (χ3n) is 2.61. The van der Waals surface area contributed by atoms with Crippen LogP contribution in [0.5, 0.6) is 0 Å². The second-order valence-corrected chi connectivity index (χ2v) is 4.00. The third-order valence-corrected chi connectivity index (χ3v) is 2.61. The van der Waals surface area contributed by atoms with Gasteiger partial charge in [-0.1, -0.05) is 18.2 Å². The SMILES string of the molecule is CC(N)c1ccn(Cc2ccccc2F)c1. The lowest BCUT2D eigenvalue weighted by Gasteiger charge is -2.05. The molecule has 1 atom stereocenters. The molecule has 2 N–H and O–H groups in total. The molecule has 2 aromatic rings. The van der Waals surface area contributed by atoms with E-state index in [0.29, 0.717) is 12.1 Å². The van der Waals surface area contributed by atoms with Crippen LogP contribution < -0.4 is 5.73 Å². The van der Waals surface area contributed by atoms with E-state index in [1.807, 2.05) is 36.0 Å². The molecule has 0 fully saturated rings. The first-order valence-corrected chi connectivity index (χ1v) is 5.31. The first-order valence-electron chi connectivity index (χ1n) is 5.31. The maximum absolute atomic E-state index is 13.4. The van der Waals surface area contributed by atoms with Gasteiger partial charge >= 0.3 is 0 Å². The fourth-order valence-corrected chi connectivity index (χ4v) is 1.65. The third kappa shape index (κ3) is 2.31. The van der Waals surface area contributed by atoms with Gasteiger partial charge in [-0.25, -0.2) is 4.39 Å². The van der Waals surface area contributed by atoms with Crippen LogP contribution in [0.2, 0.25) is 0 Å². The molecule has 0 aliphatic rings. The number of aromatic nitrogens is 1. The van der Waals surface area contributed by atoms with Crippen LogP contribution in [0, 0.1) is 5.82 Å². The Morgan fingerprint density at radius 1 is 1.31 bits per heavy atom. The Bertz CT molecular complexity index is 474. The summed E-state index contributed by atoms with van der Waals surface area (Å²) in [6.07, 6.45) is 3.88. The van der Waals surface area contributed by atoms with Crippen LogP contribution >= 0.6 is 0 Å². The number of hydrogen-bond acceptors (Lipinski definition) is 1. The summed E-state index contributed by atoms with van der Waals surface area (Å²) in [5.41, 5.74) is 7.52. The van der Waals surface area contributed by atoms with Gasteiger partial charge in [0.2, 0.25) is 0 Å². The van der Waals surface area contributed by atoms with Crippen molar-refractivity contribution in [2.45, 2.75) is 19.5 Å². The van der Waals surface area contributed by atoms with Gasteiger partial charge < -0.3 is 10.3 Å². The minimum Gasteiger partial charge on any atom is -0.349 e. The summed E-state index contributed by atoms with van der Waals surface area (Å²) >= 11 is 0. The Morgan fingerprint density at radius 2 is 2.06 bits per heavy atom. The lowest BCUT2D eigenvalue weighted by atomic mass is 10.2. The van der Waals surface area contributed by atoms with Crippen LogP contribution in [0.4, 0.5) is 4.39 Å². The van der Waals surface area contributed by atoms with Gasteiger partial charge in [0, 0.05) is 30.5 Å². The Hall–Kier alpha value is -1.61. The second-order valence-electron chi connectivity index (χ2n) is 4.00. The molecule has 2 nitrogen and oxygen atoms in total. The van der Waals surface area contributed by atoms with Gasteiger partial charge in [-0.05, 0) is 24.6 Å². The van der Waals surface area contributed by atoms with Crippen molar-refractivity contribution in [3.8, 4) is 0 Å². The zero-order valence-electron chi connectivity index (χ0n) is 9.23. The summed E-state index contributed by atoms with van der Waals surface area (Å²) in [5, 5.41) is 0. The van der Waals surface area contributed by atoms with E-state index in [2.05, 4.69) is 0 Å². The number of benzene rings is 1. The van der Waals surface area contributed by atoms with Crippen LogP contribution in [-0.4, -0.2) is 4.57 Å². The fraction of sp³-hybridized carbons (Fsp3) is 0.231. The molecular weight excluding hydrogens is 203 g/mol. The summed E-state index contributed by atoms with van der Waals surface area (Å²) in [5.74, 6) is -0.168. The van der Waals surface area contributed by atoms with Gasteiger partial charge in [0.25, 0.3) is 0 Å². The van der Waals surface area contributed by atoms with E-state index in [9.17, 15) is 4.39 Å². The molecule has 0 saturated carbocycles. The van der Waals surface area contributed by atoms with Crippen molar-refractivity contribution in [2.75, 3.05) is 0 Å². The number of halogens is 1. The molecule has 0 amide bonds. The Morgan fingerprint density at radius 3 is 2.69 bits per heavy atom. The van der Waals surface area contributed by atoms with Gasteiger partial charge in [0.1, 0.15) is 5.82 Å². The molecule has 0 aliphatic carbocycles. The van der Waals surface area contributed by atoms with Gasteiger partial charge in [-0.15, -0.1) is 0 Å².